The predicted octanol–water partition coefficient (Wildman–Crippen LogP) is 3.72. The smallest absolute Gasteiger partial charge is 0.230 e. The molecule has 0 atom stereocenters. The molecule has 41 heavy (non-hydrogen) atoms. The van der Waals surface area contributed by atoms with E-state index in [1.54, 1.807) is 35.4 Å². The molecule has 218 valence electrons. The summed E-state index contributed by atoms with van der Waals surface area (Å²) in [4.78, 5) is 21.4. The molecule has 0 radical (unpaired) electrons. The fourth-order valence-corrected chi connectivity index (χ4v) is 5.92. The van der Waals surface area contributed by atoms with E-state index in [0.717, 1.165) is 52.0 Å². The molecule has 12 nitrogen and oxygen atoms in total. The molecule has 0 amide bonds. The highest BCUT2D eigenvalue weighted by atomic mass is 32.3. The van der Waals surface area contributed by atoms with Crippen LogP contribution in [-0.4, -0.2) is 98.7 Å². The highest BCUT2D eigenvalue weighted by Crippen LogP contribution is 2.34. The van der Waals surface area contributed by atoms with Gasteiger partial charge in [-0.3, -0.25) is 4.57 Å². The first-order chi connectivity index (χ1) is 19.9. The summed E-state index contributed by atoms with van der Waals surface area (Å²) < 4.78 is 21.2. The number of methoxy groups -OCH3 is 1. The van der Waals surface area contributed by atoms with Crippen molar-refractivity contribution < 1.29 is 14.2 Å². The number of para-hydroxylation sites is 1. The second-order valence-corrected chi connectivity index (χ2v) is 16.0. The highest BCUT2D eigenvalue weighted by molar-refractivity contribution is 8.32. The van der Waals surface area contributed by atoms with E-state index in [1.165, 1.54) is 0 Å². The molecule has 1 saturated heterocycles. The second kappa shape index (κ2) is 11.8. The zero-order valence-corrected chi connectivity index (χ0v) is 25.4. The van der Waals surface area contributed by atoms with Crippen molar-refractivity contribution in [3.63, 3.8) is 0 Å². The van der Waals surface area contributed by atoms with E-state index in [9.17, 15) is 0 Å². The minimum atomic E-state index is -0.652. The van der Waals surface area contributed by atoms with Crippen molar-refractivity contribution in [2.75, 3.05) is 74.8 Å². The molecular formula is C27H35N9O3S2. The van der Waals surface area contributed by atoms with Crippen LogP contribution in [0, 0.1) is 0 Å². The van der Waals surface area contributed by atoms with Crippen molar-refractivity contribution in [3.05, 3.63) is 41.8 Å². The lowest BCUT2D eigenvalue weighted by molar-refractivity contribution is 0.0902. The van der Waals surface area contributed by atoms with Gasteiger partial charge in [0.2, 0.25) is 11.9 Å². The number of ether oxygens (including phenoxy) is 3. The van der Waals surface area contributed by atoms with Gasteiger partial charge in [0.05, 0.1) is 50.8 Å². The monoisotopic (exact) mass is 597 g/mol. The van der Waals surface area contributed by atoms with Crippen molar-refractivity contribution in [1.29, 1.82) is 0 Å². The molecule has 5 aromatic rings. The molecule has 0 aliphatic carbocycles. The largest absolute Gasteiger partial charge is 0.494 e. The van der Waals surface area contributed by atoms with Gasteiger partial charge in [-0.1, -0.05) is 6.07 Å². The lowest BCUT2D eigenvalue weighted by Gasteiger charge is -2.27. The van der Waals surface area contributed by atoms with Crippen molar-refractivity contribution in [1.82, 2.24) is 34.1 Å². The number of benzene rings is 1. The number of rotatable bonds is 11. The van der Waals surface area contributed by atoms with Crippen LogP contribution in [0.25, 0.3) is 27.3 Å². The van der Waals surface area contributed by atoms with Gasteiger partial charge in [-0.15, -0.1) is 11.3 Å². The average molecular weight is 598 g/mol. The van der Waals surface area contributed by atoms with Crippen LogP contribution in [0.1, 0.15) is 5.82 Å². The molecule has 1 aromatic carbocycles. The molecule has 0 spiro atoms. The molecule has 1 aliphatic rings. The zero-order chi connectivity index (χ0) is 28.4. The summed E-state index contributed by atoms with van der Waals surface area (Å²) in [6.07, 6.45) is 10.5. The maximum Gasteiger partial charge on any atom is 0.230 e. The molecule has 4 aromatic heterocycles. The summed E-state index contributed by atoms with van der Waals surface area (Å²) in [5, 5.41) is 10.9. The third-order valence-corrected chi connectivity index (χ3v) is 9.00. The first kappa shape index (κ1) is 27.7. The normalized spacial score (nSPS) is 14.7. The number of aromatic nitrogens is 7. The van der Waals surface area contributed by atoms with Crippen LogP contribution >= 0.6 is 21.4 Å². The lowest BCUT2D eigenvalue weighted by Crippen LogP contribution is -2.37. The first-order valence-corrected chi connectivity index (χ1v) is 17.3. The van der Waals surface area contributed by atoms with Crippen molar-refractivity contribution in [2.45, 2.75) is 13.3 Å². The number of hydrogen-bond acceptors (Lipinski definition) is 11. The van der Waals surface area contributed by atoms with Gasteiger partial charge in [-0.25, -0.2) is 20.0 Å². The van der Waals surface area contributed by atoms with E-state index < -0.39 is 10.0 Å². The number of nitrogens with one attached hydrogen (secondary N) is 1. The third-order valence-electron chi connectivity index (χ3n) is 6.81. The van der Waals surface area contributed by atoms with E-state index in [0.29, 0.717) is 50.6 Å². The number of fused-ring (bicyclic) bond motifs is 2. The molecule has 14 heteroatoms. The highest BCUT2D eigenvalue weighted by Gasteiger charge is 2.22. The van der Waals surface area contributed by atoms with Crippen LogP contribution in [0.4, 0.5) is 11.9 Å². The summed E-state index contributed by atoms with van der Waals surface area (Å²) in [6.45, 7) is 4.17. The Labute approximate surface area is 244 Å². The van der Waals surface area contributed by atoms with E-state index in [-0.39, 0.29) is 0 Å². The fourth-order valence-electron chi connectivity index (χ4n) is 4.66. The number of morpholine rings is 1. The standard InChI is InChI=1S/C27H35N9O3S2/c1-37-21-7-5-6-20-23(21)35(18-39-13-15-41(2,3)4)22(31-20)17-29-26-33-27(34-9-11-38-12-10-34)32-24-19(16-30-36(24)26)25-28-8-14-40-25/h5-8,14,16H,9-13,15,17-18H2,1-4H3,(H,29,32,33). The minimum Gasteiger partial charge on any atom is -0.494 e. The summed E-state index contributed by atoms with van der Waals surface area (Å²) in [5.74, 6) is 3.80. The van der Waals surface area contributed by atoms with Crippen LogP contribution in [-0.2, 0) is 22.7 Å². The Morgan fingerprint density at radius 3 is 2.73 bits per heavy atom. The van der Waals surface area contributed by atoms with Gasteiger partial charge in [0.15, 0.2) is 5.65 Å². The van der Waals surface area contributed by atoms with Gasteiger partial charge in [0, 0.05) is 30.4 Å². The maximum absolute atomic E-state index is 6.16. The Balaban J connectivity index is 1.34. The van der Waals surface area contributed by atoms with E-state index >= 15 is 0 Å². The van der Waals surface area contributed by atoms with Gasteiger partial charge in [-0.2, -0.15) is 19.6 Å². The molecule has 1 N–H and O–H groups in total. The first-order valence-electron chi connectivity index (χ1n) is 13.4. The Hall–Kier alpha value is -3.46. The Morgan fingerprint density at radius 1 is 1.12 bits per heavy atom. The van der Waals surface area contributed by atoms with Gasteiger partial charge in [0.1, 0.15) is 28.8 Å². The molecule has 0 bridgehead atoms. The molecule has 0 saturated carbocycles. The van der Waals surface area contributed by atoms with Crippen LogP contribution in [0.15, 0.2) is 36.0 Å². The van der Waals surface area contributed by atoms with Crippen molar-refractivity contribution in [2.24, 2.45) is 0 Å². The molecule has 6 rings (SSSR count). The van der Waals surface area contributed by atoms with Crippen LogP contribution in [0.5, 0.6) is 5.75 Å². The van der Waals surface area contributed by atoms with Crippen LogP contribution in [0.2, 0.25) is 0 Å². The number of imidazole rings is 1. The van der Waals surface area contributed by atoms with Crippen LogP contribution < -0.4 is 15.0 Å². The Bertz CT molecular complexity index is 1620. The zero-order valence-electron chi connectivity index (χ0n) is 23.7. The SMILES string of the molecule is COc1cccc2nc(CNc3nc(N4CCOCC4)nc4c(-c5nccs5)cnn34)n(COCCS(C)(C)C)c12. The van der Waals surface area contributed by atoms with E-state index in [4.69, 9.17) is 29.2 Å². The van der Waals surface area contributed by atoms with Crippen molar-refractivity contribution in [3.8, 4) is 16.3 Å². The topological polar surface area (TPSA) is 117 Å². The average Bonchev–Trinajstić information content (AvgIpc) is 3.72. The quantitative estimate of drug-likeness (QED) is 0.226. The van der Waals surface area contributed by atoms with Gasteiger partial charge < -0.3 is 24.4 Å². The molecule has 0 unspecified atom stereocenters. The second-order valence-electron chi connectivity index (χ2n) is 10.5. The lowest BCUT2D eigenvalue weighted by atomic mass is 10.3. The molecule has 1 aliphatic heterocycles. The summed E-state index contributed by atoms with van der Waals surface area (Å²) >= 11 is 1.56. The molecular weight excluding hydrogens is 562 g/mol. The summed E-state index contributed by atoms with van der Waals surface area (Å²) in [5.41, 5.74) is 3.31. The van der Waals surface area contributed by atoms with E-state index in [2.05, 4.69) is 43.6 Å². The number of nitrogens with zero attached hydrogens (tertiary/aromatic N) is 8. The number of anilines is 2. The predicted molar refractivity (Wildman–Crippen MR) is 165 cm³/mol. The molecule has 1 fully saturated rings. The minimum absolute atomic E-state index is 0.373. The molecule has 5 heterocycles. The fraction of sp³-hybridized carbons (Fsp3) is 0.444. The summed E-state index contributed by atoms with van der Waals surface area (Å²) in [7, 11) is 1.03. The number of thiazole rings is 1. The Morgan fingerprint density at radius 2 is 1.98 bits per heavy atom. The van der Waals surface area contributed by atoms with Gasteiger partial charge in [0.25, 0.3) is 0 Å². The van der Waals surface area contributed by atoms with E-state index in [1.807, 2.05) is 23.6 Å². The maximum atomic E-state index is 6.16. The number of hydrogen-bond donors (Lipinski definition) is 1. The van der Waals surface area contributed by atoms with Crippen LogP contribution in [0.3, 0.4) is 0 Å². The van der Waals surface area contributed by atoms with Gasteiger partial charge in [-0.05, 0) is 30.9 Å². The van der Waals surface area contributed by atoms with Crippen molar-refractivity contribution >= 4 is 49.9 Å². The van der Waals surface area contributed by atoms with Gasteiger partial charge >= 0.3 is 0 Å². The Kier molecular flexibility index (Phi) is 7.97. The summed E-state index contributed by atoms with van der Waals surface area (Å²) in [6, 6.07) is 5.89. The third kappa shape index (κ3) is 5.96.